The molecule has 1 saturated heterocycles. The van der Waals surface area contributed by atoms with Crippen LogP contribution in [0.25, 0.3) is 0 Å². The lowest BCUT2D eigenvalue weighted by Gasteiger charge is -2.32. The van der Waals surface area contributed by atoms with Crippen LogP contribution in [-0.4, -0.2) is 26.7 Å². The first-order chi connectivity index (χ1) is 12.0. The number of hydrogen-bond donors (Lipinski definition) is 1. The summed E-state index contributed by atoms with van der Waals surface area (Å²) in [6, 6.07) is 13.8. The maximum atomic E-state index is 12.5. The lowest BCUT2D eigenvalue weighted by molar-refractivity contribution is 0.00578. The van der Waals surface area contributed by atoms with Crippen LogP contribution in [0, 0.1) is 6.92 Å². The number of aryl methyl sites for hydroxylation is 1. The van der Waals surface area contributed by atoms with Gasteiger partial charge in [0, 0.05) is 5.69 Å². The summed E-state index contributed by atoms with van der Waals surface area (Å²) in [7, 11) is -4.08. The molecule has 0 unspecified atom stereocenters. The van der Waals surface area contributed by atoms with E-state index in [9.17, 15) is 8.42 Å². The van der Waals surface area contributed by atoms with Gasteiger partial charge in [-0.1, -0.05) is 37.3 Å². The lowest BCUT2D eigenvalue weighted by atomic mass is 9.79. The van der Waals surface area contributed by atoms with Gasteiger partial charge >= 0.3 is 7.12 Å². The molecule has 0 amide bonds. The third kappa shape index (κ3) is 4.37. The summed E-state index contributed by atoms with van der Waals surface area (Å²) >= 11 is 0. The highest BCUT2D eigenvalue weighted by molar-refractivity contribution is 7.92. The topological polar surface area (TPSA) is 64.6 Å². The molecular weight excluding hydrogens is 361 g/mol. The number of nitrogens with one attached hydrogen (secondary N) is 1. The van der Waals surface area contributed by atoms with Crippen LogP contribution in [0.5, 0.6) is 0 Å². The average Bonchev–Trinajstić information content (AvgIpc) is 2.76. The summed E-state index contributed by atoms with van der Waals surface area (Å²) < 4.78 is 39.5. The lowest BCUT2D eigenvalue weighted by Crippen LogP contribution is -2.41. The summed E-state index contributed by atoms with van der Waals surface area (Å²) in [4.78, 5) is 0.234. The van der Waals surface area contributed by atoms with Gasteiger partial charge in [-0.2, -0.15) is 0 Å². The van der Waals surface area contributed by atoms with Crippen molar-refractivity contribution in [3.63, 3.8) is 0 Å². The molecule has 1 heterocycles. The molecule has 0 radical (unpaired) electrons. The first kappa shape index (κ1) is 21.5. The minimum Gasteiger partial charge on any atom is -0.399 e. The van der Waals surface area contributed by atoms with Crippen molar-refractivity contribution >= 4 is 28.3 Å². The van der Waals surface area contributed by atoms with Gasteiger partial charge in [-0.25, -0.2) is 8.42 Å². The van der Waals surface area contributed by atoms with E-state index < -0.39 is 28.3 Å². The molecule has 1 aliphatic rings. The minimum atomic E-state index is -3.61. The van der Waals surface area contributed by atoms with Crippen molar-refractivity contribution in [1.82, 2.24) is 0 Å². The zero-order valence-corrected chi connectivity index (χ0v) is 16.6. The maximum absolute atomic E-state index is 12.5. The Kier molecular flexibility index (Phi) is 5.81. The van der Waals surface area contributed by atoms with E-state index in [2.05, 4.69) is 4.72 Å². The largest absolute Gasteiger partial charge is 0.494 e. The molecule has 1 N–H and O–H groups in total. The van der Waals surface area contributed by atoms with E-state index in [0.29, 0.717) is 5.69 Å². The van der Waals surface area contributed by atoms with Gasteiger partial charge in [-0.15, -0.1) is 0 Å². The number of hydrogen-bond acceptors (Lipinski definition) is 4. The van der Waals surface area contributed by atoms with Gasteiger partial charge < -0.3 is 9.31 Å². The Bertz CT molecular complexity index is 875. The standard InChI is InChI=1S/C19H24BNO4S.CH4/c1-14-6-12-17(13-7-14)26(22,23)21-16-10-8-15(9-11-16)20-24-18(2,3)19(4,5)25-20;/h6-13,21H,1-5H3;1H4. The van der Waals surface area contributed by atoms with Gasteiger partial charge in [0.2, 0.25) is 0 Å². The Morgan fingerprint density at radius 1 is 0.852 bits per heavy atom. The highest BCUT2D eigenvalue weighted by atomic mass is 32.2. The van der Waals surface area contributed by atoms with Gasteiger partial charge in [0.15, 0.2) is 0 Å². The SMILES string of the molecule is C.Cc1ccc(S(=O)(=O)Nc2ccc(B3OC(C)(C)C(C)(C)O3)cc2)cc1. The quantitative estimate of drug-likeness (QED) is 0.810. The number of sulfonamides is 1. The zero-order valence-electron chi connectivity index (χ0n) is 15.7. The van der Waals surface area contributed by atoms with Crippen LogP contribution in [0.3, 0.4) is 0 Å². The summed E-state index contributed by atoms with van der Waals surface area (Å²) in [5, 5.41) is 0. The molecule has 7 heteroatoms. The third-order valence-electron chi connectivity index (χ3n) is 5.02. The predicted octanol–water partition coefficient (Wildman–Crippen LogP) is 3.73. The van der Waals surface area contributed by atoms with Crippen LogP contribution in [0.4, 0.5) is 5.69 Å². The van der Waals surface area contributed by atoms with Crippen LogP contribution in [0.2, 0.25) is 0 Å². The van der Waals surface area contributed by atoms with Crippen molar-refractivity contribution in [2.75, 3.05) is 4.72 Å². The Balaban J connectivity index is 0.00000261. The Morgan fingerprint density at radius 3 is 1.81 bits per heavy atom. The molecule has 0 atom stereocenters. The fourth-order valence-corrected chi connectivity index (χ4v) is 3.68. The molecule has 1 aliphatic heterocycles. The monoisotopic (exact) mass is 389 g/mol. The zero-order chi connectivity index (χ0) is 19.2. The molecule has 0 saturated carbocycles. The Labute approximate surface area is 163 Å². The van der Waals surface area contributed by atoms with Gasteiger partial charge in [-0.05, 0) is 64.3 Å². The minimum absolute atomic E-state index is 0. The van der Waals surface area contributed by atoms with Crippen molar-refractivity contribution in [3.8, 4) is 0 Å². The average molecular weight is 389 g/mol. The molecule has 1 fully saturated rings. The molecule has 0 aromatic heterocycles. The second-order valence-corrected chi connectivity index (χ2v) is 9.31. The third-order valence-corrected chi connectivity index (χ3v) is 6.42. The highest BCUT2D eigenvalue weighted by Crippen LogP contribution is 2.36. The molecule has 27 heavy (non-hydrogen) atoms. The number of rotatable bonds is 4. The van der Waals surface area contributed by atoms with Gasteiger partial charge in [0.05, 0.1) is 16.1 Å². The van der Waals surface area contributed by atoms with E-state index in [1.165, 1.54) is 0 Å². The first-order valence-electron chi connectivity index (χ1n) is 8.55. The maximum Gasteiger partial charge on any atom is 0.494 e. The van der Waals surface area contributed by atoms with Gasteiger partial charge in [0.25, 0.3) is 10.0 Å². The van der Waals surface area contributed by atoms with E-state index in [4.69, 9.17) is 9.31 Å². The summed E-state index contributed by atoms with van der Waals surface area (Å²) in [5.41, 5.74) is 1.52. The van der Waals surface area contributed by atoms with E-state index in [1.54, 1.807) is 36.4 Å². The summed E-state index contributed by atoms with van der Waals surface area (Å²) in [6.45, 7) is 9.90. The van der Waals surface area contributed by atoms with Crippen LogP contribution in [0.15, 0.2) is 53.4 Å². The fourth-order valence-electron chi connectivity index (χ4n) is 2.62. The predicted molar refractivity (Wildman–Crippen MR) is 111 cm³/mol. The molecule has 0 aliphatic carbocycles. The van der Waals surface area contributed by atoms with Crippen molar-refractivity contribution in [2.45, 2.75) is 58.1 Å². The number of anilines is 1. The smallest absolute Gasteiger partial charge is 0.399 e. The molecule has 3 rings (SSSR count). The molecular formula is C20H28BNO4S. The second kappa shape index (κ2) is 7.30. The number of benzene rings is 2. The van der Waals surface area contributed by atoms with E-state index in [1.807, 2.05) is 46.8 Å². The van der Waals surface area contributed by atoms with E-state index in [-0.39, 0.29) is 12.3 Å². The highest BCUT2D eigenvalue weighted by Gasteiger charge is 2.51. The molecule has 0 bridgehead atoms. The molecule has 2 aromatic carbocycles. The fraction of sp³-hybridized carbons (Fsp3) is 0.400. The summed E-state index contributed by atoms with van der Waals surface area (Å²) in [5.74, 6) is 0. The van der Waals surface area contributed by atoms with E-state index >= 15 is 0 Å². The van der Waals surface area contributed by atoms with Gasteiger partial charge in [0.1, 0.15) is 0 Å². The van der Waals surface area contributed by atoms with Crippen LogP contribution < -0.4 is 10.2 Å². The second-order valence-electron chi connectivity index (χ2n) is 7.63. The van der Waals surface area contributed by atoms with Crippen LogP contribution in [-0.2, 0) is 19.3 Å². The van der Waals surface area contributed by atoms with Crippen molar-refractivity contribution in [2.24, 2.45) is 0 Å². The van der Waals surface area contributed by atoms with Gasteiger partial charge in [-0.3, -0.25) is 4.72 Å². The molecule has 5 nitrogen and oxygen atoms in total. The molecule has 146 valence electrons. The van der Waals surface area contributed by atoms with Crippen molar-refractivity contribution < 1.29 is 17.7 Å². The van der Waals surface area contributed by atoms with Crippen LogP contribution in [0.1, 0.15) is 40.7 Å². The van der Waals surface area contributed by atoms with Crippen molar-refractivity contribution in [1.29, 1.82) is 0 Å². The van der Waals surface area contributed by atoms with E-state index in [0.717, 1.165) is 11.0 Å². The Hall–Kier alpha value is -1.83. The Morgan fingerprint density at radius 2 is 1.33 bits per heavy atom. The van der Waals surface area contributed by atoms with Crippen molar-refractivity contribution in [3.05, 3.63) is 54.1 Å². The normalized spacial score (nSPS) is 18.0. The molecule has 2 aromatic rings. The van der Waals surface area contributed by atoms with Crippen LogP contribution >= 0.6 is 0 Å². The summed E-state index contributed by atoms with van der Waals surface area (Å²) in [6.07, 6.45) is 0. The first-order valence-corrected chi connectivity index (χ1v) is 10.0. The molecule has 0 spiro atoms.